The molecule has 1 aromatic carbocycles. The van der Waals surface area contributed by atoms with Crippen LogP contribution in [-0.4, -0.2) is 16.1 Å². The molecule has 16 heavy (non-hydrogen) atoms. The van der Waals surface area contributed by atoms with E-state index in [9.17, 15) is 4.79 Å². The zero-order valence-electron chi connectivity index (χ0n) is 8.82. The van der Waals surface area contributed by atoms with Crippen molar-refractivity contribution in [1.29, 1.82) is 0 Å². The van der Waals surface area contributed by atoms with Crippen molar-refractivity contribution in [2.75, 3.05) is 11.1 Å². The van der Waals surface area contributed by atoms with Gasteiger partial charge in [0.15, 0.2) is 0 Å². The van der Waals surface area contributed by atoms with Crippen molar-refractivity contribution in [3.05, 3.63) is 41.7 Å². The summed E-state index contributed by atoms with van der Waals surface area (Å²) in [4.78, 5) is 11.8. The van der Waals surface area contributed by atoms with Crippen molar-refractivity contribution in [3.63, 3.8) is 0 Å². The molecule has 0 bridgehead atoms. The minimum Gasteiger partial charge on any atom is -0.397 e. The molecule has 82 valence electrons. The Balaban J connectivity index is 2.21. The van der Waals surface area contributed by atoms with Gasteiger partial charge in [0.05, 0.1) is 23.1 Å². The summed E-state index contributed by atoms with van der Waals surface area (Å²) in [5, 5.41) is 9.23. The number of amides is 1. The molecule has 0 radical (unpaired) electrons. The average Bonchev–Trinajstić information content (AvgIpc) is 2.68. The summed E-state index contributed by atoms with van der Waals surface area (Å²) in [7, 11) is 0. The van der Waals surface area contributed by atoms with E-state index in [1.54, 1.807) is 19.1 Å². The van der Waals surface area contributed by atoms with Crippen LogP contribution in [0.15, 0.2) is 30.5 Å². The van der Waals surface area contributed by atoms with Crippen LogP contribution >= 0.6 is 0 Å². The molecule has 4 N–H and O–H groups in total. The van der Waals surface area contributed by atoms with Crippen LogP contribution in [-0.2, 0) is 0 Å². The van der Waals surface area contributed by atoms with Crippen molar-refractivity contribution >= 4 is 17.3 Å². The van der Waals surface area contributed by atoms with Gasteiger partial charge in [-0.05, 0) is 19.1 Å². The number of aromatic amines is 1. The molecular formula is C11H12N4O. The van der Waals surface area contributed by atoms with E-state index in [-0.39, 0.29) is 5.91 Å². The number of carbonyl (C=O) groups excluding carboxylic acids is 1. The van der Waals surface area contributed by atoms with Crippen molar-refractivity contribution in [3.8, 4) is 0 Å². The maximum Gasteiger partial charge on any atom is 0.259 e. The number of nitrogens with one attached hydrogen (secondary N) is 2. The van der Waals surface area contributed by atoms with Gasteiger partial charge in [0.1, 0.15) is 0 Å². The van der Waals surface area contributed by atoms with Crippen LogP contribution < -0.4 is 11.1 Å². The Morgan fingerprint density at radius 3 is 2.81 bits per heavy atom. The second-order valence-corrected chi connectivity index (χ2v) is 3.45. The molecule has 0 saturated heterocycles. The Morgan fingerprint density at radius 1 is 1.44 bits per heavy atom. The fourth-order valence-electron chi connectivity index (χ4n) is 1.38. The lowest BCUT2D eigenvalue weighted by atomic mass is 10.2. The predicted molar refractivity (Wildman–Crippen MR) is 62.1 cm³/mol. The molecule has 1 heterocycles. The van der Waals surface area contributed by atoms with Crippen molar-refractivity contribution < 1.29 is 4.79 Å². The van der Waals surface area contributed by atoms with Gasteiger partial charge in [-0.3, -0.25) is 9.89 Å². The second-order valence-electron chi connectivity index (χ2n) is 3.45. The SMILES string of the molecule is Cc1[nH]ncc1C(=O)Nc1ccccc1N. The van der Waals surface area contributed by atoms with Crippen LogP contribution in [0, 0.1) is 6.92 Å². The summed E-state index contributed by atoms with van der Waals surface area (Å²) >= 11 is 0. The average molecular weight is 216 g/mol. The van der Waals surface area contributed by atoms with Gasteiger partial charge in [0.25, 0.3) is 5.91 Å². The first-order chi connectivity index (χ1) is 7.68. The number of nitrogens with two attached hydrogens (primary N) is 1. The van der Waals surface area contributed by atoms with Crippen molar-refractivity contribution in [1.82, 2.24) is 10.2 Å². The summed E-state index contributed by atoms with van der Waals surface area (Å²) in [6, 6.07) is 7.11. The molecule has 5 nitrogen and oxygen atoms in total. The second kappa shape index (κ2) is 4.06. The number of benzene rings is 1. The summed E-state index contributed by atoms with van der Waals surface area (Å²) in [6.07, 6.45) is 1.49. The molecule has 0 aliphatic heterocycles. The van der Waals surface area contributed by atoms with Gasteiger partial charge >= 0.3 is 0 Å². The number of carbonyl (C=O) groups is 1. The molecule has 0 unspecified atom stereocenters. The maximum atomic E-state index is 11.8. The highest BCUT2D eigenvalue weighted by atomic mass is 16.1. The largest absolute Gasteiger partial charge is 0.397 e. The van der Waals surface area contributed by atoms with E-state index in [1.165, 1.54) is 6.20 Å². The van der Waals surface area contributed by atoms with Crippen LogP contribution in [0.5, 0.6) is 0 Å². The standard InChI is InChI=1S/C11H12N4O/c1-7-8(6-13-15-7)11(16)14-10-5-3-2-4-9(10)12/h2-6H,12H2,1H3,(H,13,15)(H,14,16). The Kier molecular flexibility index (Phi) is 2.59. The number of H-pyrrole nitrogens is 1. The molecule has 0 atom stereocenters. The van der Waals surface area contributed by atoms with Crippen molar-refractivity contribution in [2.45, 2.75) is 6.92 Å². The zero-order chi connectivity index (χ0) is 11.5. The van der Waals surface area contributed by atoms with Crippen LogP contribution in [0.2, 0.25) is 0 Å². The van der Waals surface area contributed by atoms with Gasteiger partial charge in [0, 0.05) is 5.69 Å². The summed E-state index contributed by atoms with van der Waals surface area (Å²) in [5.41, 5.74) is 8.11. The lowest BCUT2D eigenvalue weighted by Crippen LogP contribution is -2.13. The monoisotopic (exact) mass is 216 g/mol. The molecule has 2 rings (SSSR count). The third-order valence-electron chi connectivity index (χ3n) is 2.28. The van der Waals surface area contributed by atoms with E-state index >= 15 is 0 Å². The molecule has 2 aromatic rings. The fraction of sp³-hybridized carbons (Fsp3) is 0.0909. The topological polar surface area (TPSA) is 83.8 Å². The first kappa shape index (κ1) is 10.2. The molecule has 0 aliphatic rings. The van der Waals surface area contributed by atoms with Gasteiger partial charge in [-0.2, -0.15) is 5.10 Å². The van der Waals surface area contributed by atoms with Crippen LogP contribution in [0.3, 0.4) is 0 Å². The summed E-state index contributed by atoms with van der Waals surface area (Å²) in [6.45, 7) is 1.79. The minimum atomic E-state index is -0.218. The number of hydrogen-bond acceptors (Lipinski definition) is 3. The van der Waals surface area contributed by atoms with Gasteiger partial charge in [-0.1, -0.05) is 12.1 Å². The molecule has 5 heteroatoms. The van der Waals surface area contributed by atoms with Gasteiger partial charge in [-0.25, -0.2) is 0 Å². The highest BCUT2D eigenvalue weighted by molar-refractivity contribution is 6.06. The molecule has 0 spiro atoms. The first-order valence-corrected chi connectivity index (χ1v) is 4.84. The van der Waals surface area contributed by atoms with Crippen LogP contribution in [0.1, 0.15) is 16.1 Å². The third-order valence-corrected chi connectivity index (χ3v) is 2.28. The normalized spacial score (nSPS) is 10.1. The van der Waals surface area contributed by atoms with E-state index in [2.05, 4.69) is 15.5 Å². The van der Waals surface area contributed by atoms with E-state index in [1.807, 2.05) is 12.1 Å². The van der Waals surface area contributed by atoms with Crippen molar-refractivity contribution in [2.24, 2.45) is 0 Å². The Morgan fingerprint density at radius 2 is 2.19 bits per heavy atom. The summed E-state index contributed by atoms with van der Waals surface area (Å²) in [5.74, 6) is -0.218. The van der Waals surface area contributed by atoms with E-state index < -0.39 is 0 Å². The lowest BCUT2D eigenvalue weighted by molar-refractivity contribution is 0.102. The van der Waals surface area contributed by atoms with Gasteiger partial charge in [0.2, 0.25) is 0 Å². The number of aryl methyl sites for hydroxylation is 1. The highest BCUT2D eigenvalue weighted by Gasteiger charge is 2.11. The number of rotatable bonds is 2. The number of para-hydroxylation sites is 2. The molecule has 1 amide bonds. The Bertz CT molecular complexity index is 518. The number of nitrogen functional groups attached to an aromatic ring is 1. The lowest BCUT2D eigenvalue weighted by Gasteiger charge is -2.06. The van der Waals surface area contributed by atoms with Gasteiger partial charge in [-0.15, -0.1) is 0 Å². The molecule has 0 fully saturated rings. The molecule has 0 aliphatic carbocycles. The Labute approximate surface area is 92.7 Å². The maximum absolute atomic E-state index is 11.8. The minimum absolute atomic E-state index is 0.218. The fourth-order valence-corrected chi connectivity index (χ4v) is 1.38. The van der Waals surface area contributed by atoms with E-state index in [0.717, 1.165) is 5.69 Å². The van der Waals surface area contributed by atoms with E-state index in [4.69, 9.17) is 5.73 Å². The Hall–Kier alpha value is -2.30. The quantitative estimate of drug-likeness (QED) is 0.666. The van der Waals surface area contributed by atoms with Crippen LogP contribution in [0.25, 0.3) is 0 Å². The summed E-state index contributed by atoms with van der Waals surface area (Å²) < 4.78 is 0. The van der Waals surface area contributed by atoms with Gasteiger partial charge < -0.3 is 11.1 Å². The number of nitrogens with zero attached hydrogens (tertiary/aromatic N) is 1. The molecule has 0 saturated carbocycles. The number of hydrogen-bond donors (Lipinski definition) is 3. The predicted octanol–water partition coefficient (Wildman–Crippen LogP) is 1.55. The number of aromatic nitrogens is 2. The molecule has 1 aromatic heterocycles. The smallest absolute Gasteiger partial charge is 0.259 e. The highest BCUT2D eigenvalue weighted by Crippen LogP contribution is 2.18. The molecular weight excluding hydrogens is 204 g/mol. The van der Waals surface area contributed by atoms with E-state index in [0.29, 0.717) is 16.9 Å². The van der Waals surface area contributed by atoms with Crippen LogP contribution in [0.4, 0.5) is 11.4 Å². The first-order valence-electron chi connectivity index (χ1n) is 4.84. The third kappa shape index (κ3) is 1.88. The number of anilines is 2. The zero-order valence-corrected chi connectivity index (χ0v) is 8.82.